The molecule has 0 unspecified atom stereocenters. The molecule has 0 saturated heterocycles. The zero-order chi connectivity index (χ0) is 28.1. The van der Waals surface area contributed by atoms with Crippen molar-refractivity contribution in [2.75, 3.05) is 11.1 Å². The van der Waals surface area contributed by atoms with E-state index in [9.17, 15) is 24.1 Å². The van der Waals surface area contributed by atoms with Gasteiger partial charge in [-0.15, -0.1) is 10.2 Å². The lowest BCUT2D eigenvalue weighted by Gasteiger charge is -2.12. The first-order valence-electron chi connectivity index (χ1n) is 11.2. The molecule has 3 aromatic carbocycles. The third-order valence-electron chi connectivity index (χ3n) is 5.50. The molecule has 1 heterocycles. The van der Waals surface area contributed by atoms with Gasteiger partial charge in [-0.1, -0.05) is 53.2 Å². The fraction of sp³-hybridized carbons (Fsp3) is 0.120. The topological polar surface area (TPSA) is 132 Å². The van der Waals surface area contributed by atoms with Gasteiger partial charge in [0.05, 0.1) is 38.6 Å². The third kappa shape index (κ3) is 6.53. The first-order valence-corrected chi connectivity index (χ1v) is 13.0. The van der Waals surface area contributed by atoms with Gasteiger partial charge in [0, 0.05) is 17.2 Å². The number of aromatic nitrogens is 3. The molecule has 2 N–H and O–H groups in total. The van der Waals surface area contributed by atoms with Crippen molar-refractivity contribution in [1.82, 2.24) is 20.1 Å². The molecule has 0 aliphatic rings. The normalized spacial score (nSPS) is 10.8. The van der Waals surface area contributed by atoms with Crippen LogP contribution in [0, 0.1) is 22.9 Å². The van der Waals surface area contributed by atoms with Crippen LogP contribution >= 0.6 is 35.0 Å². The highest BCUT2D eigenvalue weighted by molar-refractivity contribution is 7.99. The van der Waals surface area contributed by atoms with Crippen LogP contribution in [0.2, 0.25) is 10.0 Å². The molecular formula is C25H19Cl2FN6O4S. The summed E-state index contributed by atoms with van der Waals surface area (Å²) in [5.41, 5.74) is 0.761. The molecule has 0 atom stereocenters. The number of amides is 2. The number of carbonyl (C=O) groups is 2. The van der Waals surface area contributed by atoms with E-state index in [1.165, 1.54) is 43.3 Å². The molecule has 14 heteroatoms. The van der Waals surface area contributed by atoms with Crippen LogP contribution in [0.15, 0.2) is 65.8 Å². The maximum absolute atomic E-state index is 13.9. The fourth-order valence-electron chi connectivity index (χ4n) is 3.59. The molecule has 200 valence electrons. The minimum Gasteiger partial charge on any atom is -0.345 e. The Bertz CT molecular complexity index is 1580. The van der Waals surface area contributed by atoms with E-state index in [2.05, 4.69) is 20.8 Å². The molecule has 0 aliphatic heterocycles. The van der Waals surface area contributed by atoms with Crippen LogP contribution in [-0.2, 0) is 11.3 Å². The minimum absolute atomic E-state index is 0.0499. The molecule has 0 fully saturated rings. The summed E-state index contributed by atoms with van der Waals surface area (Å²) in [4.78, 5) is 36.0. The lowest BCUT2D eigenvalue weighted by molar-refractivity contribution is -0.385. The fourth-order valence-corrected chi connectivity index (χ4v) is 4.66. The van der Waals surface area contributed by atoms with Crippen LogP contribution in [0.1, 0.15) is 21.7 Å². The van der Waals surface area contributed by atoms with E-state index in [-0.39, 0.29) is 39.8 Å². The number of nitrogens with one attached hydrogen (secondary N) is 2. The van der Waals surface area contributed by atoms with Gasteiger partial charge >= 0.3 is 0 Å². The van der Waals surface area contributed by atoms with Crippen molar-refractivity contribution in [2.45, 2.75) is 18.6 Å². The van der Waals surface area contributed by atoms with Crippen LogP contribution in [0.5, 0.6) is 0 Å². The second kappa shape index (κ2) is 12.2. The summed E-state index contributed by atoms with van der Waals surface area (Å²) in [5, 5.41) is 25.6. The van der Waals surface area contributed by atoms with Gasteiger partial charge in [-0.3, -0.25) is 24.3 Å². The average molecular weight is 589 g/mol. The highest BCUT2D eigenvalue weighted by Crippen LogP contribution is 2.28. The number of anilines is 1. The van der Waals surface area contributed by atoms with Gasteiger partial charge in [-0.05, 0) is 43.3 Å². The van der Waals surface area contributed by atoms with E-state index in [1.54, 1.807) is 28.8 Å². The van der Waals surface area contributed by atoms with Gasteiger partial charge in [-0.2, -0.15) is 0 Å². The van der Waals surface area contributed by atoms with Crippen molar-refractivity contribution in [3.63, 3.8) is 0 Å². The number of hydrogen-bond acceptors (Lipinski definition) is 7. The number of nitro benzene ring substituents is 1. The maximum Gasteiger partial charge on any atom is 0.273 e. The largest absolute Gasteiger partial charge is 0.345 e. The summed E-state index contributed by atoms with van der Waals surface area (Å²) in [7, 11) is 0. The Labute approximate surface area is 235 Å². The Morgan fingerprint density at radius 3 is 2.56 bits per heavy atom. The Kier molecular flexibility index (Phi) is 8.79. The van der Waals surface area contributed by atoms with Crippen molar-refractivity contribution in [3.05, 3.63) is 104 Å². The van der Waals surface area contributed by atoms with E-state index >= 15 is 0 Å². The smallest absolute Gasteiger partial charge is 0.273 e. The van der Waals surface area contributed by atoms with Crippen LogP contribution in [0.25, 0.3) is 5.69 Å². The summed E-state index contributed by atoms with van der Waals surface area (Å²) in [5.74, 6) is -1.40. The molecule has 0 spiro atoms. The molecule has 1 aromatic heterocycles. The molecule has 10 nitrogen and oxygen atoms in total. The Morgan fingerprint density at radius 2 is 1.85 bits per heavy atom. The van der Waals surface area contributed by atoms with Crippen LogP contribution in [0.3, 0.4) is 0 Å². The summed E-state index contributed by atoms with van der Waals surface area (Å²) >= 11 is 13.3. The number of hydrogen-bond donors (Lipinski definition) is 2. The molecule has 4 rings (SSSR count). The summed E-state index contributed by atoms with van der Waals surface area (Å²) in [6.45, 7) is 1.39. The number of thioether (sulfide) groups is 1. The molecule has 39 heavy (non-hydrogen) atoms. The van der Waals surface area contributed by atoms with E-state index in [0.29, 0.717) is 21.7 Å². The van der Waals surface area contributed by atoms with Gasteiger partial charge in [0.25, 0.3) is 11.6 Å². The highest BCUT2D eigenvalue weighted by atomic mass is 35.5. The van der Waals surface area contributed by atoms with Crippen molar-refractivity contribution in [1.29, 1.82) is 0 Å². The summed E-state index contributed by atoms with van der Waals surface area (Å²) in [6, 6.07) is 14.8. The zero-order valence-corrected chi connectivity index (χ0v) is 22.5. The Morgan fingerprint density at radius 1 is 1.08 bits per heavy atom. The van der Waals surface area contributed by atoms with Crippen molar-refractivity contribution < 1.29 is 18.9 Å². The molecule has 4 aromatic rings. The van der Waals surface area contributed by atoms with Gasteiger partial charge in [0.1, 0.15) is 5.82 Å². The van der Waals surface area contributed by atoms with E-state index in [0.717, 1.165) is 11.8 Å². The molecule has 0 aliphatic carbocycles. The molecule has 2 amide bonds. The Hall–Kier alpha value is -4.00. The van der Waals surface area contributed by atoms with Crippen molar-refractivity contribution >= 4 is 58.2 Å². The lowest BCUT2D eigenvalue weighted by atomic mass is 10.1. The van der Waals surface area contributed by atoms with E-state index < -0.39 is 22.6 Å². The predicted molar refractivity (Wildman–Crippen MR) is 146 cm³/mol. The molecular weight excluding hydrogens is 570 g/mol. The number of nitro groups is 1. The SMILES string of the molecule is Cc1c(C(=O)NCc2nnc(SCC(=O)Nc3ccccc3F)n2-c2ccc(Cl)c(Cl)c2)cccc1[N+](=O)[O-]. The lowest BCUT2D eigenvalue weighted by Crippen LogP contribution is -2.25. The number of benzene rings is 3. The predicted octanol–water partition coefficient (Wildman–Crippen LogP) is 5.59. The molecule has 0 radical (unpaired) electrons. The van der Waals surface area contributed by atoms with Crippen LogP contribution < -0.4 is 10.6 Å². The van der Waals surface area contributed by atoms with Crippen molar-refractivity contribution in [2.24, 2.45) is 0 Å². The maximum atomic E-state index is 13.9. The first-order chi connectivity index (χ1) is 18.7. The van der Waals surface area contributed by atoms with Gasteiger partial charge in [0.15, 0.2) is 11.0 Å². The highest BCUT2D eigenvalue weighted by Gasteiger charge is 2.21. The number of nitrogens with zero attached hydrogens (tertiary/aromatic N) is 4. The molecule has 0 bridgehead atoms. The van der Waals surface area contributed by atoms with E-state index in [4.69, 9.17) is 23.2 Å². The number of para-hydroxylation sites is 1. The van der Waals surface area contributed by atoms with Crippen LogP contribution in [-0.4, -0.2) is 37.3 Å². The Balaban J connectivity index is 1.56. The first kappa shape index (κ1) is 28.0. The van der Waals surface area contributed by atoms with Gasteiger partial charge in [-0.25, -0.2) is 4.39 Å². The van der Waals surface area contributed by atoms with Gasteiger partial charge < -0.3 is 10.6 Å². The summed E-state index contributed by atoms with van der Waals surface area (Å²) < 4.78 is 15.5. The number of rotatable bonds is 9. The monoisotopic (exact) mass is 588 g/mol. The number of carbonyl (C=O) groups excluding carboxylic acids is 2. The third-order valence-corrected chi connectivity index (χ3v) is 7.16. The van der Waals surface area contributed by atoms with Gasteiger partial charge in [0.2, 0.25) is 5.91 Å². The minimum atomic E-state index is -0.563. The zero-order valence-electron chi connectivity index (χ0n) is 20.2. The van der Waals surface area contributed by atoms with Crippen molar-refractivity contribution in [3.8, 4) is 5.69 Å². The summed E-state index contributed by atoms with van der Waals surface area (Å²) in [6.07, 6.45) is 0. The number of halogens is 3. The quantitative estimate of drug-likeness (QED) is 0.148. The standard InChI is InChI=1S/C25H19Cl2FN6O4S/c1-14-16(5-4-8-21(14)34(37)38)24(36)29-12-22-31-32-25(33(22)15-9-10-17(26)18(27)11-15)39-13-23(35)30-20-7-3-2-6-19(20)28/h2-11H,12-13H2,1H3,(H,29,36)(H,30,35). The molecule has 0 saturated carbocycles. The van der Waals surface area contributed by atoms with E-state index in [1.807, 2.05) is 0 Å². The second-order valence-corrected chi connectivity index (χ2v) is 9.80. The second-order valence-electron chi connectivity index (χ2n) is 8.04. The average Bonchev–Trinajstić information content (AvgIpc) is 3.31. The van der Waals surface area contributed by atoms with Crippen LogP contribution in [0.4, 0.5) is 15.8 Å².